The molecule has 0 aliphatic carbocycles. The summed E-state index contributed by atoms with van der Waals surface area (Å²) >= 11 is 3.74. The molecule has 2 rings (SSSR count). The van der Waals surface area contributed by atoms with Crippen LogP contribution >= 0.6 is 15.9 Å². The quantitative estimate of drug-likeness (QED) is 0.842. The second-order valence-electron chi connectivity index (χ2n) is 6.23. The lowest BCUT2D eigenvalue weighted by molar-refractivity contribution is 0.296. The molecule has 0 spiro atoms. The van der Waals surface area contributed by atoms with Gasteiger partial charge >= 0.3 is 0 Å². The number of likely N-dealkylation sites (tertiary alicyclic amines) is 1. The maximum absolute atomic E-state index is 3.74. The van der Waals surface area contributed by atoms with Crippen LogP contribution in [0.1, 0.15) is 38.3 Å². The highest BCUT2D eigenvalue weighted by atomic mass is 79.9. The van der Waals surface area contributed by atoms with Crippen LogP contribution < -0.4 is 5.32 Å². The predicted molar refractivity (Wildman–Crippen MR) is 89.7 cm³/mol. The maximum Gasteiger partial charge on any atom is 0.0245 e. The first-order chi connectivity index (χ1) is 9.60. The Balaban J connectivity index is 1.93. The molecule has 1 fully saturated rings. The molecule has 0 radical (unpaired) electrons. The predicted octanol–water partition coefficient (Wildman–Crippen LogP) is 4.04. The van der Waals surface area contributed by atoms with Crippen LogP contribution in [0.4, 0.5) is 0 Å². The van der Waals surface area contributed by atoms with Gasteiger partial charge in [0.25, 0.3) is 0 Å². The number of nitrogens with zero attached hydrogens (tertiary/aromatic N) is 1. The number of benzene rings is 1. The van der Waals surface area contributed by atoms with E-state index in [2.05, 4.69) is 65.1 Å². The lowest BCUT2D eigenvalue weighted by Gasteiger charge is -2.19. The summed E-state index contributed by atoms with van der Waals surface area (Å²) in [5, 5.41) is 3.37. The van der Waals surface area contributed by atoms with Gasteiger partial charge in [0.15, 0.2) is 0 Å². The minimum Gasteiger partial charge on any atom is -0.313 e. The van der Waals surface area contributed by atoms with Crippen LogP contribution in [0.5, 0.6) is 0 Å². The van der Waals surface area contributed by atoms with E-state index in [1.165, 1.54) is 35.1 Å². The van der Waals surface area contributed by atoms with E-state index in [1.54, 1.807) is 0 Å². The summed E-state index contributed by atoms with van der Waals surface area (Å²) in [6.07, 6.45) is 1.35. The van der Waals surface area contributed by atoms with Crippen LogP contribution in [0.3, 0.4) is 0 Å². The van der Waals surface area contributed by atoms with Gasteiger partial charge in [-0.1, -0.05) is 48.8 Å². The molecule has 0 amide bonds. The lowest BCUT2D eigenvalue weighted by Crippen LogP contribution is -2.21. The van der Waals surface area contributed by atoms with Crippen molar-refractivity contribution in [2.75, 3.05) is 19.6 Å². The fraction of sp³-hybridized carbons (Fsp3) is 0.647. The average Bonchev–Trinajstić information content (AvgIpc) is 2.88. The van der Waals surface area contributed by atoms with E-state index in [0.717, 1.165) is 31.5 Å². The Bertz CT molecular complexity index is 431. The average molecular weight is 339 g/mol. The molecule has 20 heavy (non-hydrogen) atoms. The molecular formula is C17H27BrN2. The van der Waals surface area contributed by atoms with E-state index < -0.39 is 0 Å². The van der Waals surface area contributed by atoms with Crippen LogP contribution in [0.15, 0.2) is 22.7 Å². The molecule has 1 saturated heterocycles. The monoisotopic (exact) mass is 338 g/mol. The van der Waals surface area contributed by atoms with Gasteiger partial charge in [-0.2, -0.15) is 0 Å². The zero-order valence-corrected chi connectivity index (χ0v) is 14.5. The van der Waals surface area contributed by atoms with Gasteiger partial charge in [0.05, 0.1) is 0 Å². The van der Waals surface area contributed by atoms with Gasteiger partial charge in [0, 0.05) is 24.1 Å². The molecule has 1 unspecified atom stereocenters. The molecule has 2 nitrogen and oxygen atoms in total. The fourth-order valence-electron chi connectivity index (χ4n) is 2.89. The Morgan fingerprint density at radius 2 is 2.20 bits per heavy atom. The Kier molecular flexibility index (Phi) is 6.06. The van der Waals surface area contributed by atoms with Crippen molar-refractivity contribution >= 4 is 15.9 Å². The number of hydrogen-bond acceptors (Lipinski definition) is 2. The van der Waals surface area contributed by atoms with Crippen molar-refractivity contribution in [2.24, 2.45) is 11.8 Å². The second-order valence-corrected chi connectivity index (χ2v) is 7.09. The van der Waals surface area contributed by atoms with Crippen molar-refractivity contribution in [3.05, 3.63) is 33.8 Å². The molecule has 1 aromatic rings. The summed E-state index contributed by atoms with van der Waals surface area (Å²) in [5.74, 6) is 1.69. The van der Waals surface area contributed by atoms with Gasteiger partial charge in [-0.05, 0) is 48.5 Å². The molecule has 0 saturated carbocycles. The van der Waals surface area contributed by atoms with E-state index in [0.29, 0.717) is 0 Å². The Morgan fingerprint density at radius 1 is 1.40 bits per heavy atom. The zero-order chi connectivity index (χ0) is 14.5. The summed E-state index contributed by atoms with van der Waals surface area (Å²) in [6, 6.07) is 6.78. The van der Waals surface area contributed by atoms with Crippen LogP contribution in [-0.2, 0) is 13.1 Å². The first-order valence-electron chi connectivity index (χ1n) is 7.80. The normalized spacial score (nSPS) is 19.9. The van der Waals surface area contributed by atoms with Gasteiger partial charge in [-0.3, -0.25) is 4.90 Å². The Labute approximate surface area is 132 Å². The van der Waals surface area contributed by atoms with E-state index >= 15 is 0 Å². The van der Waals surface area contributed by atoms with Crippen molar-refractivity contribution in [1.29, 1.82) is 0 Å². The molecule has 1 aliphatic rings. The molecule has 1 aliphatic heterocycles. The third-order valence-corrected chi connectivity index (χ3v) is 5.08. The first kappa shape index (κ1) is 16.0. The van der Waals surface area contributed by atoms with Crippen molar-refractivity contribution in [3.8, 4) is 0 Å². The van der Waals surface area contributed by atoms with Crippen molar-refractivity contribution in [3.63, 3.8) is 0 Å². The van der Waals surface area contributed by atoms with Gasteiger partial charge in [-0.15, -0.1) is 0 Å². The highest BCUT2D eigenvalue weighted by molar-refractivity contribution is 9.10. The van der Waals surface area contributed by atoms with Crippen molar-refractivity contribution < 1.29 is 0 Å². The number of hydrogen-bond donors (Lipinski definition) is 1. The summed E-state index contributed by atoms with van der Waals surface area (Å²) < 4.78 is 1.25. The van der Waals surface area contributed by atoms with Gasteiger partial charge in [0.1, 0.15) is 0 Å². The van der Waals surface area contributed by atoms with Crippen LogP contribution in [0.2, 0.25) is 0 Å². The summed E-state index contributed by atoms with van der Waals surface area (Å²) in [5.41, 5.74) is 2.76. The van der Waals surface area contributed by atoms with Crippen molar-refractivity contribution in [2.45, 2.75) is 40.3 Å². The molecule has 112 valence electrons. The Morgan fingerprint density at radius 3 is 2.80 bits per heavy atom. The molecule has 3 heteroatoms. The molecule has 1 aromatic carbocycles. The van der Waals surface area contributed by atoms with Crippen LogP contribution in [-0.4, -0.2) is 24.5 Å². The summed E-state index contributed by atoms with van der Waals surface area (Å²) in [6.45, 7) is 12.4. The van der Waals surface area contributed by atoms with E-state index in [9.17, 15) is 0 Å². The summed E-state index contributed by atoms with van der Waals surface area (Å²) in [4.78, 5) is 2.59. The third kappa shape index (κ3) is 4.31. The summed E-state index contributed by atoms with van der Waals surface area (Å²) in [7, 11) is 0. The van der Waals surface area contributed by atoms with Gasteiger partial charge < -0.3 is 5.32 Å². The van der Waals surface area contributed by atoms with Crippen molar-refractivity contribution in [1.82, 2.24) is 10.2 Å². The largest absolute Gasteiger partial charge is 0.313 e. The maximum atomic E-state index is 3.74. The molecule has 1 N–H and O–H groups in total. The topological polar surface area (TPSA) is 15.3 Å². The van der Waals surface area contributed by atoms with Gasteiger partial charge in [-0.25, -0.2) is 0 Å². The standard InChI is InChI=1S/C17H27BrN2/c1-4-19-10-14-5-6-16(17(18)9-14)12-20-8-7-15(11-20)13(2)3/h5-6,9,13,15,19H,4,7-8,10-12H2,1-3H3. The lowest BCUT2D eigenvalue weighted by atomic mass is 9.95. The smallest absolute Gasteiger partial charge is 0.0245 e. The zero-order valence-electron chi connectivity index (χ0n) is 13.0. The van der Waals surface area contributed by atoms with Crippen LogP contribution in [0.25, 0.3) is 0 Å². The molecule has 1 heterocycles. The molecular weight excluding hydrogens is 312 g/mol. The second kappa shape index (κ2) is 7.58. The SMILES string of the molecule is CCNCc1ccc(CN2CCC(C(C)C)C2)c(Br)c1. The molecule has 0 bridgehead atoms. The molecule has 1 atom stereocenters. The highest BCUT2D eigenvalue weighted by Crippen LogP contribution is 2.27. The number of nitrogens with one attached hydrogen (secondary N) is 1. The van der Waals surface area contributed by atoms with Crippen LogP contribution in [0, 0.1) is 11.8 Å². The minimum absolute atomic E-state index is 0.811. The number of rotatable bonds is 6. The van der Waals surface area contributed by atoms with E-state index in [1.807, 2.05) is 0 Å². The van der Waals surface area contributed by atoms with Gasteiger partial charge in [0.2, 0.25) is 0 Å². The number of halogens is 1. The van der Waals surface area contributed by atoms with E-state index in [4.69, 9.17) is 0 Å². The highest BCUT2D eigenvalue weighted by Gasteiger charge is 2.24. The minimum atomic E-state index is 0.811. The van der Waals surface area contributed by atoms with E-state index in [-0.39, 0.29) is 0 Å². The Hall–Kier alpha value is -0.380. The third-order valence-electron chi connectivity index (χ3n) is 4.34. The molecule has 0 aromatic heterocycles. The fourth-order valence-corrected chi connectivity index (χ4v) is 3.44. The first-order valence-corrected chi connectivity index (χ1v) is 8.59.